The normalized spacial score (nSPS) is 22.2. The lowest BCUT2D eigenvalue weighted by atomic mass is 9.90. The van der Waals surface area contributed by atoms with Gasteiger partial charge in [0.25, 0.3) is 15.9 Å². The fourth-order valence-corrected chi connectivity index (χ4v) is 7.29. The maximum Gasteiger partial charge on any atom is 0.268 e. The van der Waals surface area contributed by atoms with E-state index in [0.29, 0.717) is 34.5 Å². The van der Waals surface area contributed by atoms with E-state index in [4.69, 9.17) is 11.6 Å². The molecule has 1 aliphatic heterocycles. The Morgan fingerprint density at radius 1 is 1.07 bits per heavy atom. The highest BCUT2D eigenvalue weighted by Gasteiger charge is 2.42. The summed E-state index contributed by atoms with van der Waals surface area (Å²) in [7, 11) is -3.89. The predicted molar refractivity (Wildman–Crippen MR) is 156 cm³/mol. The van der Waals surface area contributed by atoms with E-state index in [9.17, 15) is 22.0 Å². The van der Waals surface area contributed by atoms with Crippen LogP contribution in [0.3, 0.4) is 0 Å². The molecule has 1 saturated carbocycles. The van der Waals surface area contributed by atoms with Crippen LogP contribution in [0.5, 0.6) is 0 Å². The summed E-state index contributed by atoms with van der Waals surface area (Å²) >= 11 is 6.56. The number of rotatable bonds is 7. The lowest BCUT2D eigenvalue weighted by molar-refractivity contribution is -0.124. The molecule has 2 fully saturated rings. The van der Waals surface area contributed by atoms with Crippen molar-refractivity contribution in [3.05, 3.63) is 72.0 Å². The molecule has 3 N–H and O–H groups in total. The number of hydrogen-bond donors (Lipinski definition) is 3. The van der Waals surface area contributed by atoms with E-state index in [2.05, 4.69) is 25.9 Å². The second-order valence-corrected chi connectivity index (χ2v) is 13.0. The van der Waals surface area contributed by atoms with Gasteiger partial charge in [-0.1, -0.05) is 48.0 Å². The average Bonchev–Trinajstić information content (AvgIpc) is 3.55. The highest BCUT2D eigenvalue weighted by Crippen LogP contribution is 2.36. The summed E-state index contributed by atoms with van der Waals surface area (Å²) in [5.41, 5.74) is 1.40. The molecule has 1 aliphatic carbocycles. The number of nitrogens with zero attached hydrogens (tertiary/aromatic N) is 3. The number of amides is 1. The van der Waals surface area contributed by atoms with Gasteiger partial charge < -0.3 is 10.6 Å². The molecule has 0 spiro atoms. The minimum absolute atomic E-state index is 0.0733. The molecule has 0 bridgehead atoms. The minimum Gasteiger partial charge on any atom is -0.352 e. The van der Waals surface area contributed by atoms with Gasteiger partial charge in [-0.2, -0.15) is 0 Å². The van der Waals surface area contributed by atoms with Gasteiger partial charge in [-0.3, -0.25) is 10.1 Å². The molecule has 13 heteroatoms. The Hall–Kier alpha value is -3.61. The third-order valence-electron chi connectivity index (χ3n) is 7.76. The van der Waals surface area contributed by atoms with Crippen molar-refractivity contribution >= 4 is 44.4 Å². The Morgan fingerprint density at radius 3 is 2.57 bits per heavy atom. The molecule has 1 saturated heterocycles. The highest BCUT2D eigenvalue weighted by molar-refractivity contribution is 7.90. The molecule has 6 rings (SSSR count). The Kier molecular flexibility index (Phi) is 7.62. The Labute approximate surface area is 246 Å². The van der Waals surface area contributed by atoms with Crippen LogP contribution in [0.25, 0.3) is 22.2 Å². The molecule has 2 aliphatic rings. The van der Waals surface area contributed by atoms with E-state index in [1.165, 1.54) is 16.4 Å². The summed E-state index contributed by atoms with van der Waals surface area (Å²) in [5.74, 6) is -2.98. The van der Waals surface area contributed by atoms with Crippen LogP contribution in [0.1, 0.15) is 32.1 Å². The molecule has 220 valence electrons. The molecule has 3 heterocycles. The standard InChI is InChI=1S/C29H29ClF2N6O3S/c30-23-15-33-28(36-19-8-6-7-18(13-19)35-27(39)24-14-29(31,32)17-34-24)37-26(23)22-16-38(25-12-5-4-11-21(22)25)42(40,41)20-9-2-1-3-10-20/h1-5,9-12,15-16,18-19,24,34H,6-8,13-14,17H2,(H,35,39)(H,33,36,37)/t18-,19+,24-/m0/s1. The van der Waals surface area contributed by atoms with Gasteiger partial charge in [0.2, 0.25) is 11.9 Å². The number of carbonyl (C=O) groups is 1. The van der Waals surface area contributed by atoms with E-state index in [1.807, 2.05) is 12.1 Å². The summed E-state index contributed by atoms with van der Waals surface area (Å²) in [4.78, 5) is 21.7. The smallest absolute Gasteiger partial charge is 0.268 e. The predicted octanol–water partition coefficient (Wildman–Crippen LogP) is 4.83. The summed E-state index contributed by atoms with van der Waals surface area (Å²) in [6.07, 6.45) is 5.44. The zero-order chi connectivity index (χ0) is 29.5. The first-order valence-corrected chi connectivity index (χ1v) is 15.5. The second kappa shape index (κ2) is 11.2. The molecule has 3 atom stereocenters. The zero-order valence-electron chi connectivity index (χ0n) is 22.4. The summed E-state index contributed by atoms with van der Waals surface area (Å²) in [6, 6.07) is 14.2. The molecule has 9 nitrogen and oxygen atoms in total. The van der Waals surface area contributed by atoms with E-state index in [0.717, 1.165) is 19.3 Å². The van der Waals surface area contributed by atoms with Gasteiger partial charge in [0.1, 0.15) is 0 Å². The van der Waals surface area contributed by atoms with Crippen LogP contribution in [0.15, 0.2) is 71.9 Å². The number of halogens is 3. The van der Waals surface area contributed by atoms with Crippen molar-refractivity contribution in [2.24, 2.45) is 0 Å². The van der Waals surface area contributed by atoms with Crippen LogP contribution in [-0.4, -0.2) is 58.9 Å². The molecule has 42 heavy (non-hydrogen) atoms. The molecule has 0 radical (unpaired) electrons. The number of anilines is 1. The zero-order valence-corrected chi connectivity index (χ0v) is 24.0. The van der Waals surface area contributed by atoms with Gasteiger partial charge >= 0.3 is 0 Å². The van der Waals surface area contributed by atoms with Crippen LogP contribution < -0.4 is 16.0 Å². The molecule has 1 amide bonds. The maximum absolute atomic E-state index is 13.5. The molecule has 4 aromatic rings. The van der Waals surface area contributed by atoms with Crippen molar-refractivity contribution in [2.45, 2.75) is 61.0 Å². The average molecular weight is 615 g/mol. The van der Waals surface area contributed by atoms with E-state index < -0.39 is 40.9 Å². The number of aromatic nitrogens is 3. The number of carbonyl (C=O) groups excluding carboxylic acids is 1. The summed E-state index contributed by atoms with van der Waals surface area (Å²) in [6.45, 7) is -0.493. The Morgan fingerprint density at radius 2 is 1.81 bits per heavy atom. The third kappa shape index (κ3) is 5.70. The van der Waals surface area contributed by atoms with Gasteiger partial charge in [-0.05, 0) is 43.9 Å². The van der Waals surface area contributed by atoms with Crippen molar-refractivity contribution in [2.75, 3.05) is 11.9 Å². The van der Waals surface area contributed by atoms with Crippen molar-refractivity contribution in [1.29, 1.82) is 0 Å². The van der Waals surface area contributed by atoms with Crippen LogP contribution in [0.4, 0.5) is 14.7 Å². The number of nitrogens with one attached hydrogen (secondary N) is 3. The fourth-order valence-electron chi connectivity index (χ4n) is 5.71. The van der Waals surface area contributed by atoms with Gasteiger partial charge in [0.15, 0.2) is 0 Å². The van der Waals surface area contributed by atoms with E-state index >= 15 is 0 Å². The van der Waals surface area contributed by atoms with Gasteiger partial charge in [-0.15, -0.1) is 0 Å². The first kappa shape index (κ1) is 28.5. The van der Waals surface area contributed by atoms with Gasteiger partial charge in [0, 0.05) is 35.7 Å². The minimum atomic E-state index is -3.89. The van der Waals surface area contributed by atoms with E-state index in [-0.39, 0.29) is 22.0 Å². The topological polar surface area (TPSA) is 118 Å². The number of benzene rings is 2. The number of hydrogen-bond acceptors (Lipinski definition) is 7. The largest absolute Gasteiger partial charge is 0.352 e. The molecule has 2 aromatic carbocycles. The molecule has 0 unspecified atom stereocenters. The molecule has 2 aromatic heterocycles. The number of para-hydroxylation sites is 1. The number of fused-ring (bicyclic) bond motifs is 1. The van der Waals surface area contributed by atoms with Crippen molar-refractivity contribution in [3.63, 3.8) is 0 Å². The van der Waals surface area contributed by atoms with Crippen LogP contribution >= 0.6 is 11.6 Å². The quantitative estimate of drug-likeness (QED) is 0.273. The van der Waals surface area contributed by atoms with Crippen molar-refractivity contribution in [1.82, 2.24) is 24.6 Å². The maximum atomic E-state index is 13.5. The second-order valence-electron chi connectivity index (χ2n) is 10.8. The lowest BCUT2D eigenvalue weighted by Gasteiger charge is -2.31. The Bertz CT molecular complexity index is 1730. The van der Waals surface area contributed by atoms with E-state index in [1.54, 1.807) is 42.5 Å². The number of alkyl halides is 2. The van der Waals surface area contributed by atoms with Crippen LogP contribution in [0, 0.1) is 0 Å². The van der Waals surface area contributed by atoms with Crippen molar-refractivity contribution in [3.8, 4) is 11.3 Å². The molecular formula is C29H29ClF2N6O3S. The Balaban J connectivity index is 1.24. The van der Waals surface area contributed by atoms with Crippen LogP contribution in [-0.2, 0) is 14.8 Å². The summed E-state index contributed by atoms with van der Waals surface area (Å²) in [5, 5.41) is 9.76. The highest BCUT2D eigenvalue weighted by atomic mass is 35.5. The molecular weight excluding hydrogens is 586 g/mol. The fraction of sp³-hybridized carbons (Fsp3) is 0.345. The first-order chi connectivity index (χ1) is 20.1. The van der Waals surface area contributed by atoms with Crippen molar-refractivity contribution < 1.29 is 22.0 Å². The SMILES string of the molecule is O=C(N[C@H]1CCC[C@@H](Nc2ncc(Cl)c(-c3cn(S(=O)(=O)c4ccccc4)c4ccccc34)n2)C1)[C@@H]1CC(F)(F)CN1. The third-order valence-corrected chi connectivity index (χ3v) is 9.72. The van der Waals surface area contributed by atoms with Crippen LogP contribution in [0.2, 0.25) is 5.02 Å². The van der Waals surface area contributed by atoms with Gasteiger partial charge in [0.05, 0.1) is 39.9 Å². The monoisotopic (exact) mass is 614 g/mol. The lowest BCUT2D eigenvalue weighted by Crippen LogP contribution is -2.48. The van der Waals surface area contributed by atoms with Gasteiger partial charge in [-0.25, -0.2) is 31.1 Å². The first-order valence-electron chi connectivity index (χ1n) is 13.7. The summed E-state index contributed by atoms with van der Waals surface area (Å²) < 4.78 is 55.4.